The molecule has 66 heavy (non-hydrogen) atoms. The summed E-state index contributed by atoms with van der Waals surface area (Å²) in [6, 6.07) is 6.54. The van der Waals surface area contributed by atoms with Crippen LogP contribution in [0.3, 0.4) is 0 Å². The van der Waals surface area contributed by atoms with Crippen LogP contribution in [0.1, 0.15) is 128 Å². The molecule has 9 saturated heterocycles. The Kier molecular flexibility index (Phi) is 6.01. The third kappa shape index (κ3) is 3.39. The topological polar surface area (TPSA) is 160 Å². The van der Waals surface area contributed by atoms with E-state index < -0.39 is 73.4 Å². The van der Waals surface area contributed by atoms with Crippen LogP contribution in [0.2, 0.25) is 0 Å². The van der Waals surface area contributed by atoms with E-state index in [9.17, 15) is 5.21 Å². The molecule has 0 unspecified atom stereocenters. The first kappa shape index (κ1) is 38.3. The Hall–Kier alpha value is -5.79. The molecule has 2 aromatic carbocycles. The molecule has 10 fully saturated rings. The van der Waals surface area contributed by atoms with Gasteiger partial charge in [0.1, 0.15) is 50.3 Å². The number of benzene rings is 2. The predicted molar refractivity (Wildman–Crippen MR) is 240 cm³/mol. The highest BCUT2D eigenvalue weighted by Gasteiger charge is 2.95. The average Bonchev–Trinajstić information content (AvgIpc) is 4.05. The van der Waals surface area contributed by atoms with Crippen molar-refractivity contribution in [1.82, 2.24) is 24.7 Å². The molecule has 3 aromatic rings. The molecule has 14 aliphatic rings. The van der Waals surface area contributed by atoms with Gasteiger partial charge in [0.2, 0.25) is 23.4 Å². The van der Waals surface area contributed by atoms with Gasteiger partial charge in [-0.15, -0.1) is 0 Å². The summed E-state index contributed by atoms with van der Waals surface area (Å²) in [6.45, 7) is 17.0. The summed E-state index contributed by atoms with van der Waals surface area (Å²) in [4.78, 5) is 70.5. The SMILES string of the molecule is CC1(C)C=Cc2c(ccc3c2[N+]([O-])=C2C(C)(C)[C@@H]4C[C@]56CCCN5C(=O)[C@]4(NC6=O)[C@H]4N5C(=O)[C@@]67CCCN6C(=O)[C@@]56[C@H](c5c(n(O)c8c9c(ccc58)OC(C)(C)C=C9)C(C)(C)[C@@H]6C7)[C@]234)O1. The van der Waals surface area contributed by atoms with Gasteiger partial charge in [0.15, 0.2) is 5.71 Å². The van der Waals surface area contributed by atoms with Crippen LogP contribution in [0.5, 0.6) is 11.5 Å². The molecule has 2 N–H and O–H groups in total. The summed E-state index contributed by atoms with van der Waals surface area (Å²) in [5, 5.41) is 33.8. The Labute approximate surface area is 381 Å². The average molecular weight is 891 g/mol. The van der Waals surface area contributed by atoms with E-state index in [4.69, 9.17) is 9.47 Å². The quantitative estimate of drug-likeness (QED) is 0.163. The Bertz CT molecular complexity index is 3140. The Balaban J connectivity index is 1.16. The minimum Gasteiger partial charge on any atom is -0.618 e. The van der Waals surface area contributed by atoms with Gasteiger partial charge in [-0.25, -0.2) is 0 Å². The van der Waals surface area contributed by atoms with Gasteiger partial charge in [-0.05, 0) is 134 Å². The van der Waals surface area contributed by atoms with Crippen molar-refractivity contribution in [3.05, 3.63) is 69.6 Å². The van der Waals surface area contributed by atoms with E-state index >= 15 is 24.4 Å². The molecular formula is C52H54N6O8. The number of carbonyl (C=O) groups is 4. The molecule has 14 nitrogen and oxygen atoms in total. The van der Waals surface area contributed by atoms with E-state index in [-0.39, 0.29) is 23.6 Å². The van der Waals surface area contributed by atoms with E-state index in [1.807, 2.05) is 86.1 Å². The minimum absolute atomic E-state index is 0.176. The molecular weight excluding hydrogens is 837 g/mol. The number of carbonyl (C=O) groups excluding carboxylic acids is 4. The highest BCUT2D eigenvalue weighted by Crippen LogP contribution is 2.81. The zero-order chi connectivity index (χ0) is 45.8. The lowest BCUT2D eigenvalue weighted by atomic mass is 9.39. The molecule has 5 spiro atoms. The van der Waals surface area contributed by atoms with Crippen LogP contribution in [0.15, 0.2) is 36.4 Å². The number of fused-ring (bicyclic) bond motifs is 10. The van der Waals surface area contributed by atoms with Crippen molar-refractivity contribution in [2.45, 2.75) is 150 Å². The molecule has 17 rings (SSSR count). The standard InChI is InChI=1S/C52H54N6O8/c1-44(2)19-15-25-29(65-44)13-11-27-33-36-50-28-12-14-30-26(16-20-45(3,4)66-30)35(28)58(64)38(50)47(7,8)31-23-48-17-9-21-54(48)42(61)51(31,53-40(48)59)39(50)56-41(60)49-18-10-22-55(49)43(62)52(36,56)32(24-49)46(5,6)37(33)57(63)34(25)27/h11-16,19-20,31-32,36,39,63H,9-10,17-18,21-24H2,1-8H3,(H,53,59)/t31-,32-,36+,39-,48-,49-,50-,51+,52+/m0/s1. The monoisotopic (exact) mass is 890 g/mol. The first-order valence-electron chi connectivity index (χ1n) is 24.1. The van der Waals surface area contributed by atoms with Crippen molar-refractivity contribution in [3.63, 3.8) is 0 Å². The lowest BCUT2D eigenvalue weighted by molar-refractivity contribution is -0.367. The second-order valence-corrected chi connectivity index (χ2v) is 24.2. The fourth-order valence-corrected chi connectivity index (χ4v) is 18.0. The molecule has 9 atom stereocenters. The summed E-state index contributed by atoms with van der Waals surface area (Å²) in [5.74, 6) is -1.92. The van der Waals surface area contributed by atoms with Gasteiger partial charge in [-0.2, -0.15) is 9.47 Å². The van der Waals surface area contributed by atoms with E-state index in [1.54, 1.807) is 4.90 Å². The lowest BCUT2D eigenvalue weighted by Crippen LogP contribution is -2.93. The van der Waals surface area contributed by atoms with E-state index in [0.717, 1.165) is 4.74 Å². The molecule has 1 aromatic heterocycles. The second-order valence-electron chi connectivity index (χ2n) is 24.2. The largest absolute Gasteiger partial charge is 0.618 e. The smallest absolute Gasteiger partial charge is 0.251 e. The van der Waals surface area contributed by atoms with Crippen LogP contribution in [-0.4, -0.2) is 111 Å². The van der Waals surface area contributed by atoms with Gasteiger partial charge in [0, 0.05) is 52.8 Å². The highest BCUT2D eigenvalue weighted by molar-refractivity contribution is 6.18. The number of nitrogens with one attached hydrogen (secondary N) is 1. The number of rotatable bonds is 0. The minimum atomic E-state index is -1.73. The van der Waals surface area contributed by atoms with Crippen molar-refractivity contribution in [1.29, 1.82) is 0 Å². The second kappa shape index (κ2) is 10.4. The first-order valence-corrected chi connectivity index (χ1v) is 24.1. The van der Waals surface area contributed by atoms with Gasteiger partial charge in [0.05, 0.1) is 28.2 Å². The van der Waals surface area contributed by atoms with E-state index in [0.29, 0.717) is 113 Å². The number of nitrogens with zero attached hydrogens (tertiary/aromatic N) is 5. The molecule has 340 valence electrons. The van der Waals surface area contributed by atoms with Crippen LogP contribution in [0.25, 0.3) is 23.1 Å². The molecule has 0 radical (unpaired) electrons. The Morgan fingerprint density at radius 2 is 1.38 bits per heavy atom. The normalized spacial score (nSPS) is 40.5. The number of piperazine rings is 2. The van der Waals surface area contributed by atoms with Gasteiger partial charge < -0.3 is 39.9 Å². The van der Waals surface area contributed by atoms with Gasteiger partial charge >= 0.3 is 0 Å². The fourth-order valence-electron chi connectivity index (χ4n) is 18.0. The van der Waals surface area contributed by atoms with Crippen LogP contribution >= 0.6 is 0 Å². The number of amides is 4. The summed E-state index contributed by atoms with van der Waals surface area (Å²) in [6.07, 6.45) is 10.8. The van der Waals surface area contributed by atoms with Crippen molar-refractivity contribution >= 4 is 58.1 Å². The maximum absolute atomic E-state index is 16.8. The molecule has 2 aliphatic carbocycles. The third-order valence-corrected chi connectivity index (χ3v) is 20.0. The summed E-state index contributed by atoms with van der Waals surface area (Å²) in [7, 11) is 0. The fraction of sp³-hybridized carbons (Fsp3) is 0.558. The van der Waals surface area contributed by atoms with Crippen LogP contribution < -0.4 is 14.8 Å². The van der Waals surface area contributed by atoms with E-state index in [1.165, 1.54) is 4.73 Å². The number of hydrogen-bond acceptors (Lipinski definition) is 8. The number of hydrogen-bond donors (Lipinski definition) is 2. The zero-order valence-corrected chi connectivity index (χ0v) is 38.6. The van der Waals surface area contributed by atoms with Gasteiger partial charge in [0.25, 0.3) is 5.91 Å². The predicted octanol–water partition coefficient (Wildman–Crippen LogP) is 5.79. The lowest BCUT2D eigenvalue weighted by Gasteiger charge is -2.70. The third-order valence-electron chi connectivity index (χ3n) is 20.0. The van der Waals surface area contributed by atoms with Crippen molar-refractivity contribution in [2.75, 3.05) is 13.1 Å². The zero-order valence-electron chi connectivity index (χ0n) is 38.6. The van der Waals surface area contributed by atoms with Crippen molar-refractivity contribution in [3.8, 4) is 11.5 Å². The molecule has 4 bridgehead atoms. The first-order chi connectivity index (χ1) is 31.1. The van der Waals surface area contributed by atoms with Crippen LogP contribution in [0, 0.1) is 22.5 Å². The molecule has 13 heterocycles. The molecule has 1 saturated carbocycles. The molecule has 12 aliphatic heterocycles. The van der Waals surface area contributed by atoms with E-state index in [2.05, 4.69) is 33.0 Å². The van der Waals surface area contributed by atoms with Crippen LogP contribution in [-0.2, 0) is 30.0 Å². The Morgan fingerprint density at radius 1 is 0.758 bits per heavy atom. The van der Waals surface area contributed by atoms with Gasteiger partial charge in [-0.1, -0.05) is 13.8 Å². The summed E-state index contributed by atoms with van der Waals surface area (Å²) in [5.41, 5.74) is -6.07. The Morgan fingerprint density at radius 3 is 2.09 bits per heavy atom. The molecule has 14 heteroatoms. The van der Waals surface area contributed by atoms with Crippen LogP contribution in [0.4, 0.5) is 5.69 Å². The number of aromatic nitrogens is 1. The molecule has 4 amide bonds. The highest BCUT2D eigenvalue weighted by atomic mass is 16.5. The maximum Gasteiger partial charge on any atom is 0.251 e. The number of ether oxygens (including phenoxy) is 2. The maximum atomic E-state index is 16.8. The summed E-state index contributed by atoms with van der Waals surface area (Å²) < 4.78 is 15.5. The number of piperidine rings is 4. The van der Waals surface area contributed by atoms with Crippen molar-refractivity contribution < 1.29 is 38.6 Å². The summed E-state index contributed by atoms with van der Waals surface area (Å²) >= 11 is 0. The van der Waals surface area contributed by atoms with Gasteiger partial charge in [-0.3, -0.25) is 19.2 Å². The van der Waals surface area contributed by atoms with Crippen molar-refractivity contribution in [2.24, 2.45) is 17.3 Å².